The van der Waals surface area contributed by atoms with Crippen LogP contribution in [0.3, 0.4) is 0 Å². The molecule has 7 nitrogen and oxygen atoms in total. The fraction of sp³-hybridized carbons (Fsp3) is 0.917. The molecule has 0 spiro atoms. The second kappa shape index (κ2) is 4.49. The van der Waals surface area contributed by atoms with E-state index in [0.29, 0.717) is 30.1 Å². The molecule has 1 aliphatic heterocycles. The van der Waals surface area contributed by atoms with E-state index in [1.54, 1.807) is 0 Å². The normalized spacial score (nSPS) is 29.1. The summed E-state index contributed by atoms with van der Waals surface area (Å²) >= 11 is 0. The van der Waals surface area contributed by atoms with Gasteiger partial charge in [-0.3, -0.25) is 4.90 Å². The lowest BCUT2D eigenvalue weighted by Gasteiger charge is -2.27. The predicted octanol–water partition coefficient (Wildman–Crippen LogP) is 0.159. The molecule has 0 radical (unpaired) electrons. The van der Waals surface area contributed by atoms with Crippen molar-refractivity contribution in [1.29, 1.82) is 0 Å². The van der Waals surface area contributed by atoms with Gasteiger partial charge in [0.15, 0.2) is 15.7 Å². The lowest BCUT2D eigenvalue weighted by atomic mass is 10.2. The summed E-state index contributed by atoms with van der Waals surface area (Å²) in [5.74, 6) is 1.52. The number of hydrogen-bond donors (Lipinski definition) is 0. The highest BCUT2D eigenvalue weighted by Gasteiger charge is 2.40. The van der Waals surface area contributed by atoms with Crippen LogP contribution in [-0.4, -0.2) is 57.1 Å². The second-order valence-electron chi connectivity index (χ2n) is 6.23. The Morgan fingerprint density at radius 2 is 1.95 bits per heavy atom. The summed E-state index contributed by atoms with van der Waals surface area (Å²) in [5, 5.41) is 12.0. The Balaban J connectivity index is 1.53. The molecule has 0 bridgehead atoms. The molecule has 8 heteroatoms. The van der Waals surface area contributed by atoms with Crippen molar-refractivity contribution < 1.29 is 8.42 Å². The van der Waals surface area contributed by atoms with E-state index in [0.717, 1.165) is 25.1 Å². The third kappa shape index (κ3) is 2.46. The van der Waals surface area contributed by atoms with Crippen molar-refractivity contribution in [2.75, 3.05) is 11.5 Å². The monoisotopic (exact) mass is 297 g/mol. The maximum atomic E-state index is 11.7. The first kappa shape index (κ1) is 12.7. The molecule has 110 valence electrons. The number of tetrazole rings is 1. The topological polar surface area (TPSA) is 81.0 Å². The molecule has 0 aromatic carbocycles. The summed E-state index contributed by atoms with van der Waals surface area (Å²) in [7, 11) is -2.84. The largest absolute Gasteiger partial charge is 0.289 e. The summed E-state index contributed by atoms with van der Waals surface area (Å²) in [4.78, 5) is 2.33. The van der Waals surface area contributed by atoms with Crippen LogP contribution in [0.4, 0.5) is 0 Å². The van der Waals surface area contributed by atoms with Crippen molar-refractivity contribution in [2.24, 2.45) is 0 Å². The standard InChI is InChI=1S/C12H19N5O2S/c18-20(19)6-5-11(8-20)16(9-1-2-9)7-12-13-14-15-17(12)10-3-4-10/h9-11H,1-8H2. The Bertz CT molecular complexity index is 605. The van der Waals surface area contributed by atoms with Gasteiger partial charge in [0.05, 0.1) is 24.1 Å². The summed E-state index contributed by atoms with van der Waals surface area (Å²) in [6, 6.07) is 1.14. The van der Waals surface area contributed by atoms with Gasteiger partial charge in [0, 0.05) is 12.1 Å². The lowest BCUT2D eigenvalue weighted by molar-refractivity contribution is 0.184. The highest BCUT2D eigenvalue weighted by Crippen LogP contribution is 2.36. The molecule has 1 atom stereocenters. The Kier molecular flexibility index (Phi) is 2.85. The van der Waals surface area contributed by atoms with E-state index in [1.807, 2.05) is 4.68 Å². The minimum Gasteiger partial charge on any atom is -0.289 e. The highest BCUT2D eigenvalue weighted by molar-refractivity contribution is 7.91. The van der Waals surface area contributed by atoms with Gasteiger partial charge >= 0.3 is 0 Å². The first-order chi connectivity index (χ1) is 9.62. The zero-order valence-electron chi connectivity index (χ0n) is 11.3. The smallest absolute Gasteiger partial charge is 0.165 e. The van der Waals surface area contributed by atoms with Gasteiger partial charge in [-0.25, -0.2) is 13.1 Å². The van der Waals surface area contributed by atoms with Crippen molar-refractivity contribution in [3.05, 3.63) is 5.82 Å². The van der Waals surface area contributed by atoms with Crippen molar-refractivity contribution >= 4 is 9.84 Å². The van der Waals surface area contributed by atoms with E-state index in [-0.39, 0.29) is 6.04 Å². The van der Waals surface area contributed by atoms with E-state index < -0.39 is 9.84 Å². The zero-order valence-corrected chi connectivity index (χ0v) is 12.2. The number of nitrogens with zero attached hydrogens (tertiary/aromatic N) is 5. The third-order valence-corrected chi connectivity index (χ3v) is 6.22. The fourth-order valence-corrected chi connectivity index (χ4v) is 4.82. The van der Waals surface area contributed by atoms with Crippen LogP contribution in [0, 0.1) is 0 Å². The minimum absolute atomic E-state index is 0.150. The molecule has 3 aliphatic rings. The summed E-state index contributed by atoms with van der Waals surface area (Å²) < 4.78 is 25.3. The average Bonchev–Trinajstić information content (AvgIpc) is 3.32. The van der Waals surface area contributed by atoms with E-state index in [1.165, 1.54) is 12.8 Å². The summed E-state index contributed by atoms with van der Waals surface area (Å²) in [6.45, 7) is 0.689. The van der Waals surface area contributed by atoms with E-state index >= 15 is 0 Å². The maximum absolute atomic E-state index is 11.7. The quantitative estimate of drug-likeness (QED) is 0.770. The van der Waals surface area contributed by atoms with Crippen LogP contribution in [0.1, 0.15) is 44.0 Å². The van der Waals surface area contributed by atoms with Crippen molar-refractivity contribution in [1.82, 2.24) is 25.1 Å². The number of aromatic nitrogens is 4. The number of hydrogen-bond acceptors (Lipinski definition) is 6. The minimum atomic E-state index is -2.84. The van der Waals surface area contributed by atoms with Crippen LogP contribution in [-0.2, 0) is 16.4 Å². The SMILES string of the molecule is O=S1(=O)CCC(N(Cc2nnnn2C2CC2)C2CC2)C1. The molecule has 1 aromatic heterocycles. The van der Waals surface area contributed by atoms with E-state index in [2.05, 4.69) is 20.4 Å². The van der Waals surface area contributed by atoms with Crippen LogP contribution in [0.5, 0.6) is 0 Å². The van der Waals surface area contributed by atoms with Gasteiger partial charge in [-0.2, -0.15) is 0 Å². The molecule has 0 amide bonds. The molecule has 2 saturated carbocycles. The summed E-state index contributed by atoms with van der Waals surface area (Å²) in [6.07, 6.45) is 5.39. The fourth-order valence-electron chi connectivity index (χ4n) is 3.08. The summed E-state index contributed by atoms with van der Waals surface area (Å²) in [5.41, 5.74) is 0. The van der Waals surface area contributed by atoms with Crippen LogP contribution >= 0.6 is 0 Å². The molecule has 20 heavy (non-hydrogen) atoms. The Morgan fingerprint density at radius 3 is 2.55 bits per heavy atom. The first-order valence-corrected chi connectivity index (χ1v) is 9.17. The van der Waals surface area contributed by atoms with Gasteiger partial charge in [-0.15, -0.1) is 5.10 Å². The zero-order chi connectivity index (χ0) is 13.7. The van der Waals surface area contributed by atoms with Gasteiger partial charge in [-0.05, 0) is 42.5 Å². The number of rotatable bonds is 5. The van der Waals surface area contributed by atoms with Gasteiger partial charge in [0.1, 0.15) is 0 Å². The van der Waals surface area contributed by atoms with Crippen LogP contribution < -0.4 is 0 Å². The molecule has 4 rings (SSSR count). The Hall–Kier alpha value is -1.02. The van der Waals surface area contributed by atoms with Crippen LogP contribution in [0.2, 0.25) is 0 Å². The van der Waals surface area contributed by atoms with Gasteiger partial charge in [-0.1, -0.05) is 0 Å². The number of sulfone groups is 1. The third-order valence-electron chi connectivity index (χ3n) is 4.47. The van der Waals surface area contributed by atoms with Crippen LogP contribution in [0.25, 0.3) is 0 Å². The van der Waals surface area contributed by atoms with Gasteiger partial charge in [0.25, 0.3) is 0 Å². The second-order valence-corrected chi connectivity index (χ2v) is 8.46. The van der Waals surface area contributed by atoms with Crippen molar-refractivity contribution in [3.63, 3.8) is 0 Å². The molecule has 2 heterocycles. The van der Waals surface area contributed by atoms with Gasteiger partial charge < -0.3 is 0 Å². The molecule has 1 aromatic rings. The molecular weight excluding hydrogens is 278 g/mol. The Labute approximate surface area is 118 Å². The Morgan fingerprint density at radius 1 is 1.15 bits per heavy atom. The van der Waals surface area contributed by atoms with Crippen LogP contribution in [0.15, 0.2) is 0 Å². The molecule has 2 aliphatic carbocycles. The van der Waals surface area contributed by atoms with Gasteiger partial charge in [0.2, 0.25) is 0 Å². The molecule has 1 saturated heterocycles. The van der Waals surface area contributed by atoms with E-state index in [4.69, 9.17) is 0 Å². The lowest BCUT2D eigenvalue weighted by Crippen LogP contribution is -2.38. The first-order valence-electron chi connectivity index (χ1n) is 7.35. The highest BCUT2D eigenvalue weighted by atomic mass is 32.2. The van der Waals surface area contributed by atoms with Crippen molar-refractivity contribution in [3.8, 4) is 0 Å². The molecular formula is C12H19N5O2S. The predicted molar refractivity (Wildman–Crippen MR) is 71.7 cm³/mol. The maximum Gasteiger partial charge on any atom is 0.165 e. The average molecular weight is 297 g/mol. The van der Waals surface area contributed by atoms with E-state index in [9.17, 15) is 8.42 Å². The van der Waals surface area contributed by atoms with Crippen molar-refractivity contribution in [2.45, 2.75) is 56.8 Å². The molecule has 0 N–H and O–H groups in total. The molecule has 1 unspecified atom stereocenters. The molecule has 3 fully saturated rings.